The van der Waals surface area contributed by atoms with Gasteiger partial charge in [0.2, 0.25) is 0 Å². The van der Waals surface area contributed by atoms with Crippen molar-refractivity contribution in [3.8, 4) is 0 Å². The second-order valence-electron chi connectivity index (χ2n) is 9.24. The molecule has 1 aromatic rings. The molecule has 7 heteroatoms. The number of hydrogen-bond donors (Lipinski definition) is 3. The first-order chi connectivity index (χ1) is 15.3. The second-order valence-corrected chi connectivity index (χ2v) is 10.1. The molecule has 4 unspecified atom stereocenters. The number of nitrogens with zero attached hydrogens (tertiary/aromatic N) is 1. The Morgan fingerprint density at radius 2 is 1.94 bits per heavy atom. The standard InChI is InChI=1S/C25H35ClN4OS/c1-16(2)9-8-10-17(3)27-25(32)29-23-24(31)30(4)21-14-13-19(26)15-20(21)22(28-23)18-11-6-5-7-12-18/h5-7,11-14,16-17,20,22-23,28H,8-10,15H2,1-4H3,(H2,27,29,32). The molecule has 3 rings (SSSR count). The van der Waals surface area contributed by atoms with Crippen LogP contribution in [0.5, 0.6) is 0 Å². The van der Waals surface area contributed by atoms with Crippen LogP contribution in [0.1, 0.15) is 58.1 Å². The number of amides is 1. The van der Waals surface area contributed by atoms with Crippen LogP contribution < -0.4 is 16.0 Å². The number of carbonyl (C=O) groups excluding carboxylic acids is 1. The van der Waals surface area contributed by atoms with Crippen molar-refractivity contribution < 1.29 is 4.79 Å². The van der Waals surface area contributed by atoms with Crippen LogP contribution in [0.2, 0.25) is 0 Å². The van der Waals surface area contributed by atoms with Gasteiger partial charge in [-0.25, -0.2) is 0 Å². The van der Waals surface area contributed by atoms with Crippen LogP contribution in [-0.2, 0) is 4.79 Å². The lowest BCUT2D eigenvalue weighted by Crippen LogP contribution is -2.57. The van der Waals surface area contributed by atoms with Crippen molar-refractivity contribution in [2.45, 2.75) is 64.7 Å². The highest BCUT2D eigenvalue weighted by Gasteiger charge is 2.40. The molecule has 0 aromatic heterocycles. The van der Waals surface area contributed by atoms with E-state index in [0.717, 1.165) is 29.1 Å². The van der Waals surface area contributed by atoms with E-state index in [1.807, 2.05) is 37.4 Å². The Labute approximate surface area is 202 Å². The summed E-state index contributed by atoms with van der Waals surface area (Å²) in [7, 11) is 1.82. The van der Waals surface area contributed by atoms with Gasteiger partial charge in [-0.3, -0.25) is 10.1 Å². The highest BCUT2D eigenvalue weighted by Crippen LogP contribution is 2.40. The van der Waals surface area contributed by atoms with E-state index < -0.39 is 6.17 Å². The van der Waals surface area contributed by atoms with E-state index in [1.165, 1.54) is 6.42 Å². The van der Waals surface area contributed by atoms with Crippen molar-refractivity contribution in [3.63, 3.8) is 0 Å². The number of carbonyl (C=O) groups is 1. The molecule has 2 aliphatic rings. The summed E-state index contributed by atoms with van der Waals surface area (Å²) >= 11 is 12.0. The average molecular weight is 475 g/mol. The minimum atomic E-state index is -0.640. The first-order valence-corrected chi connectivity index (χ1v) is 12.3. The van der Waals surface area contributed by atoms with Crippen LogP contribution in [-0.4, -0.2) is 35.2 Å². The first kappa shape index (κ1) is 24.7. The predicted molar refractivity (Wildman–Crippen MR) is 136 cm³/mol. The Morgan fingerprint density at radius 1 is 1.22 bits per heavy atom. The zero-order chi connectivity index (χ0) is 23.3. The second kappa shape index (κ2) is 11.3. The summed E-state index contributed by atoms with van der Waals surface area (Å²) in [5, 5.41) is 11.4. The van der Waals surface area contributed by atoms with Crippen molar-refractivity contribution in [2.24, 2.45) is 11.8 Å². The smallest absolute Gasteiger partial charge is 0.264 e. The van der Waals surface area contributed by atoms with Gasteiger partial charge in [0.15, 0.2) is 11.3 Å². The summed E-state index contributed by atoms with van der Waals surface area (Å²) in [6.07, 6.45) is 7.28. The van der Waals surface area contributed by atoms with E-state index in [0.29, 0.717) is 17.5 Å². The van der Waals surface area contributed by atoms with Crippen molar-refractivity contribution in [2.75, 3.05) is 7.05 Å². The fraction of sp³-hybridized carbons (Fsp3) is 0.520. The molecule has 3 N–H and O–H groups in total. The van der Waals surface area contributed by atoms with Gasteiger partial charge >= 0.3 is 0 Å². The van der Waals surface area contributed by atoms with E-state index >= 15 is 0 Å². The van der Waals surface area contributed by atoms with Crippen LogP contribution >= 0.6 is 23.8 Å². The summed E-state index contributed by atoms with van der Waals surface area (Å²) in [6.45, 7) is 6.61. The minimum absolute atomic E-state index is 0.0483. The number of fused-ring (bicyclic) bond motifs is 1. The molecule has 32 heavy (non-hydrogen) atoms. The van der Waals surface area contributed by atoms with Gasteiger partial charge in [-0.1, -0.05) is 68.6 Å². The molecular formula is C25H35ClN4OS. The maximum Gasteiger partial charge on any atom is 0.264 e. The maximum atomic E-state index is 13.3. The van der Waals surface area contributed by atoms with Crippen LogP contribution in [0.15, 0.2) is 53.2 Å². The Kier molecular flexibility index (Phi) is 8.74. The van der Waals surface area contributed by atoms with E-state index in [2.05, 4.69) is 48.9 Å². The van der Waals surface area contributed by atoms with Gasteiger partial charge in [0.25, 0.3) is 5.91 Å². The van der Waals surface area contributed by atoms with Gasteiger partial charge in [0.05, 0.1) is 0 Å². The van der Waals surface area contributed by atoms with Crippen LogP contribution in [0, 0.1) is 11.8 Å². The summed E-state index contributed by atoms with van der Waals surface area (Å²) in [5.41, 5.74) is 2.08. The van der Waals surface area contributed by atoms with Gasteiger partial charge in [0.1, 0.15) is 0 Å². The van der Waals surface area contributed by atoms with E-state index in [-0.39, 0.29) is 23.9 Å². The molecule has 0 radical (unpaired) electrons. The third-order valence-corrected chi connectivity index (χ3v) is 6.69. The molecule has 1 saturated heterocycles. The largest absolute Gasteiger partial charge is 0.360 e. The van der Waals surface area contributed by atoms with Gasteiger partial charge < -0.3 is 15.5 Å². The lowest BCUT2D eigenvalue weighted by atomic mass is 9.85. The Balaban J connectivity index is 1.75. The number of benzene rings is 1. The number of halogens is 1. The van der Waals surface area contributed by atoms with Crippen LogP contribution in [0.25, 0.3) is 0 Å². The molecule has 0 saturated carbocycles. The number of thiocarbonyl (C=S) groups is 1. The molecule has 1 fully saturated rings. The fourth-order valence-electron chi connectivity index (χ4n) is 4.41. The molecule has 0 bridgehead atoms. The SMILES string of the molecule is CC(C)CCCC(C)NC(=S)NC1NC(c2ccccc2)C2CC(Cl)=CC=C2N(C)C1=O. The van der Waals surface area contributed by atoms with Gasteiger partial charge in [0, 0.05) is 35.8 Å². The topological polar surface area (TPSA) is 56.4 Å². The molecular weight excluding hydrogens is 440 g/mol. The predicted octanol–water partition coefficient (Wildman–Crippen LogP) is 4.82. The minimum Gasteiger partial charge on any atom is -0.360 e. The summed E-state index contributed by atoms with van der Waals surface area (Å²) in [6, 6.07) is 10.4. The summed E-state index contributed by atoms with van der Waals surface area (Å²) < 4.78 is 0. The molecule has 1 heterocycles. The molecule has 5 nitrogen and oxygen atoms in total. The Bertz CT molecular complexity index is 870. The summed E-state index contributed by atoms with van der Waals surface area (Å²) in [5.74, 6) is 0.682. The van der Waals surface area contributed by atoms with Crippen LogP contribution in [0.4, 0.5) is 0 Å². The monoisotopic (exact) mass is 474 g/mol. The number of rotatable bonds is 7. The zero-order valence-electron chi connectivity index (χ0n) is 19.4. The van der Waals surface area contributed by atoms with Gasteiger partial charge in [-0.15, -0.1) is 0 Å². The van der Waals surface area contributed by atoms with E-state index in [4.69, 9.17) is 23.8 Å². The molecule has 1 aromatic carbocycles. The molecule has 1 aliphatic heterocycles. The maximum absolute atomic E-state index is 13.3. The Morgan fingerprint density at radius 3 is 2.62 bits per heavy atom. The quantitative estimate of drug-likeness (QED) is 0.494. The number of likely N-dealkylation sites (N-methyl/N-ethyl adjacent to an activating group) is 1. The molecule has 4 atom stereocenters. The highest BCUT2D eigenvalue weighted by atomic mass is 35.5. The van der Waals surface area contributed by atoms with Crippen molar-refractivity contribution in [3.05, 3.63) is 58.8 Å². The van der Waals surface area contributed by atoms with Gasteiger partial charge in [-0.05, 0) is 55.6 Å². The van der Waals surface area contributed by atoms with E-state index in [9.17, 15) is 4.79 Å². The molecule has 1 aliphatic carbocycles. The Hall–Kier alpha value is -1.89. The third-order valence-electron chi connectivity index (χ3n) is 6.17. The number of hydrogen-bond acceptors (Lipinski definition) is 3. The van der Waals surface area contributed by atoms with Crippen LogP contribution in [0.3, 0.4) is 0 Å². The third kappa shape index (κ3) is 6.33. The van der Waals surface area contributed by atoms with Gasteiger partial charge in [-0.2, -0.15) is 0 Å². The zero-order valence-corrected chi connectivity index (χ0v) is 21.0. The van der Waals surface area contributed by atoms with E-state index in [1.54, 1.807) is 4.90 Å². The fourth-order valence-corrected chi connectivity index (χ4v) is 4.96. The van der Waals surface area contributed by atoms with Crippen molar-refractivity contribution >= 4 is 34.8 Å². The molecule has 174 valence electrons. The first-order valence-electron chi connectivity index (χ1n) is 11.5. The highest BCUT2D eigenvalue weighted by molar-refractivity contribution is 7.80. The van der Waals surface area contributed by atoms with Crippen molar-refractivity contribution in [1.82, 2.24) is 20.9 Å². The number of allylic oxidation sites excluding steroid dienone is 3. The molecule has 0 spiro atoms. The lowest BCUT2D eigenvalue weighted by molar-refractivity contribution is -0.130. The molecule has 1 amide bonds. The normalized spacial score (nSPS) is 24.2. The average Bonchev–Trinajstić information content (AvgIpc) is 2.84. The lowest BCUT2D eigenvalue weighted by Gasteiger charge is -2.32. The van der Waals surface area contributed by atoms with Crippen molar-refractivity contribution in [1.29, 1.82) is 0 Å². The summed E-state index contributed by atoms with van der Waals surface area (Å²) in [4.78, 5) is 15.1. The number of nitrogens with one attached hydrogen (secondary N) is 3.